The van der Waals surface area contributed by atoms with Gasteiger partial charge >= 0.3 is 0 Å². The Morgan fingerprint density at radius 3 is 2.45 bits per heavy atom. The molecule has 0 saturated heterocycles. The minimum Gasteiger partial charge on any atom is -0.506 e. The predicted octanol–water partition coefficient (Wildman–Crippen LogP) is 4.04. The number of anilines is 1. The van der Waals surface area contributed by atoms with E-state index in [4.69, 9.17) is 0 Å². The first-order valence-corrected chi connectivity index (χ1v) is 6.74. The zero-order chi connectivity index (χ0) is 14.5. The molecular weight excluding hydrogens is 250 g/mol. The van der Waals surface area contributed by atoms with E-state index in [-0.39, 0.29) is 17.6 Å². The number of benzene rings is 2. The van der Waals surface area contributed by atoms with Crippen LogP contribution in [0.2, 0.25) is 0 Å². The fourth-order valence-corrected chi connectivity index (χ4v) is 2.02. The van der Waals surface area contributed by atoms with Gasteiger partial charge < -0.3 is 10.4 Å². The lowest BCUT2D eigenvalue weighted by Gasteiger charge is -2.11. The smallest absolute Gasteiger partial charge is 0.224 e. The molecule has 104 valence electrons. The van der Waals surface area contributed by atoms with Gasteiger partial charge in [-0.25, -0.2) is 0 Å². The number of rotatable bonds is 4. The monoisotopic (exact) mass is 269 g/mol. The van der Waals surface area contributed by atoms with Crippen molar-refractivity contribution in [3.63, 3.8) is 0 Å². The number of hydrogen-bond donors (Lipinski definition) is 2. The third kappa shape index (κ3) is 3.60. The van der Waals surface area contributed by atoms with Crippen LogP contribution in [0.5, 0.6) is 5.75 Å². The van der Waals surface area contributed by atoms with Crippen LogP contribution in [0.4, 0.5) is 5.69 Å². The van der Waals surface area contributed by atoms with Gasteiger partial charge in [0, 0.05) is 6.42 Å². The maximum atomic E-state index is 11.8. The first-order chi connectivity index (χ1) is 9.56. The van der Waals surface area contributed by atoms with E-state index in [0.29, 0.717) is 12.1 Å². The van der Waals surface area contributed by atoms with E-state index in [1.807, 2.05) is 50.2 Å². The van der Waals surface area contributed by atoms with Crippen LogP contribution in [-0.4, -0.2) is 11.0 Å². The van der Waals surface area contributed by atoms with Crippen LogP contribution in [0, 0.1) is 5.92 Å². The molecule has 0 aromatic heterocycles. The highest BCUT2D eigenvalue weighted by atomic mass is 16.3. The van der Waals surface area contributed by atoms with Gasteiger partial charge in [-0.05, 0) is 29.2 Å². The first-order valence-electron chi connectivity index (χ1n) is 6.74. The highest BCUT2D eigenvalue weighted by molar-refractivity contribution is 5.93. The van der Waals surface area contributed by atoms with Crippen molar-refractivity contribution in [3.8, 4) is 16.9 Å². The molecular formula is C17H19NO2. The molecule has 3 heteroatoms. The number of phenolic OH excluding ortho intramolecular Hbond substituents is 1. The summed E-state index contributed by atoms with van der Waals surface area (Å²) in [6.45, 7) is 3.97. The van der Waals surface area contributed by atoms with E-state index in [9.17, 15) is 9.90 Å². The summed E-state index contributed by atoms with van der Waals surface area (Å²) < 4.78 is 0. The van der Waals surface area contributed by atoms with Gasteiger partial charge in [0.2, 0.25) is 5.91 Å². The molecule has 0 aliphatic carbocycles. The summed E-state index contributed by atoms with van der Waals surface area (Å²) in [5, 5.41) is 12.6. The Labute approximate surface area is 119 Å². The number of phenols is 1. The SMILES string of the molecule is CC(C)CC(=O)Nc1cc(-c2ccccc2)ccc1O. The van der Waals surface area contributed by atoms with Crippen molar-refractivity contribution in [1.29, 1.82) is 0 Å². The van der Waals surface area contributed by atoms with E-state index < -0.39 is 0 Å². The second kappa shape index (κ2) is 6.24. The fraction of sp³-hybridized carbons (Fsp3) is 0.235. The van der Waals surface area contributed by atoms with Crippen molar-refractivity contribution in [2.45, 2.75) is 20.3 Å². The molecule has 1 amide bonds. The lowest BCUT2D eigenvalue weighted by molar-refractivity contribution is -0.116. The van der Waals surface area contributed by atoms with Crippen molar-refractivity contribution in [3.05, 3.63) is 48.5 Å². The van der Waals surface area contributed by atoms with Crippen LogP contribution >= 0.6 is 0 Å². The summed E-state index contributed by atoms with van der Waals surface area (Å²) in [4.78, 5) is 11.8. The summed E-state index contributed by atoms with van der Waals surface area (Å²) in [7, 11) is 0. The molecule has 2 aromatic rings. The molecule has 0 aliphatic rings. The number of aromatic hydroxyl groups is 1. The van der Waals surface area contributed by atoms with Gasteiger partial charge in [0.1, 0.15) is 5.75 Å². The van der Waals surface area contributed by atoms with E-state index >= 15 is 0 Å². The Hall–Kier alpha value is -2.29. The summed E-state index contributed by atoms with van der Waals surface area (Å²) in [5.74, 6) is 0.289. The molecule has 20 heavy (non-hydrogen) atoms. The molecule has 0 fully saturated rings. The molecule has 0 spiro atoms. The number of hydrogen-bond acceptors (Lipinski definition) is 2. The zero-order valence-corrected chi connectivity index (χ0v) is 11.8. The molecule has 0 atom stereocenters. The minimum absolute atomic E-state index is 0.0829. The summed E-state index contributed by atoms with van der Waals surface area (Å²) in [6, 6.07) is 15.1. The summed E-state index contributed by atoms with van der Waals surface area (Å²) >= 11 is 0. The average molecular weight is 269 g/mol. The standard InChI is InChI=1S/C17H19NO2/c1-12(2)10-17(20)18-15-11-14(8-9-16(15)19)13-6-4-3-5-7-13/h3-9,11-12,19H,10H2,1-2H3,(H,18,20). The largest absolute Gasteiger partial charge is 0.506 e. The first kappa shape index (κ1) is 14.1. The summed E-state index contributed by atoms with van der Waals surface area (Å²) in [6.07, 6.45) is 0.439. The Bertz CT molecular complexity index is 591. The van der Waals surface area contributed by atoms with Gasteiger partial charge in [0.05, 0.1) is 5.69 Å². The van der Waals surface area contributed by atoms with Gasteiger partial charge in [-0.2, -0.15) is 0 Å². The average Bonchev–Trinajstić information content (AvgIpc) is 2.41. The molecule has 0 heterocycles. The van der Waals surface area contributed by atoms with Gasteiger partial charge in [0.15, 0.2) is 0 Å². The van der Waals surface area contributed by atoms with Gasteiger partial charge in [-0.1, -0.05) is 50.2 Å². The fourth-order valence-electron chi connectivity index (χ4n) is 2.02. The quantitative estimate of drug-likeness (QED) is 0.823. The number of nitrogens with one attached hydrogen (secondary N) is 1. The lowest BCUT2D eigenvalue weighted by atomic mass is 10.0. The molecule has 0 aliphatic heterocycles. The maximum absolute atomic E-state index is 11.8. The molecule has 0 saturated carbocycles. The van der Waals surface area contributed by atoms with E-state index in [1.165, 1.54) is 0 Å². The topological polar surface area (TPSA) is 49.3 Å². The molecule has 2 N–H and O–H groups in total. The van der Waals surface area contributed by atoms with Crippen molar-refractivity contribution < 1.29 is 9.90 Å². The molecule has 2 rings (SSSR count). The van der Waals surface area contributed by atoms with Gasteiger partial charge in [-0.15, -0.1) is 0 Å². The molecule has 0 radical (unpaired) electrons. The van der Waals surface area contributed by atoms with Crippen molar-refractivity contribution in [2.24, 2.45) is 5.92 Å². The van der Waals surface area contributed by atoms with Crippen molar-refractivity contribution in [2.75, 3.05) is 5.32 Å². The zero-order valence-electron chi connectivity index (χ0n) is 11.8. The molecule has 0 bridgehead atoms. The van der Waals surface area contributed by atoms with Crippen LogP contribution < -0.4 is 5.32 Å². The highest BCUT2D eigenvalue weighted by Gasteiger charge is 2.09. The van der Waals surface area contributed by atoms with Gasteiger partial charge in [-0.3, -0.25) is 4.79 Å². The third-order valence-corrected chi connectivity index (χ3v) is 2.97. The number of amides is 1. The number of carbonyl (C=O) groups is 1. The Kier molecular flexibility index (Phi) is 4.41. The minimum atomic E-state index is -0.0829. The maximum Gasteiger partial charge on any atom is 0.224 e. The third-order valence-electron chi connectivity index (χ3n) is 2.97. The van der Waals surface area contributed by atoms with E-state index in [0.717, 1.165) is 11.1 Å². The second-order valence-electron chi connectivity index (χ2n) is 5.24. The Morgan fingerprint density at radius 2 is 1.80 bits per heavy atom. The Balaban J connectivity index is 2.23. The lowest BCUT2D eigenvalue weighted by Crippen LogP contribution is -2.13. The molecule has 3 nitrogen and oxygen atoms in total. The van der Waals surface area contributed by atoms with Crippen LogP contribution in [0.15, 0.2) is 48.5 Å². The normalized spacial score (nSPS) is 10.6. The second-order valence-corrected chi connectivity index (χ2v) is 5.24. The predicted molar refractivity (Wildman–Crippen MR) is 81.6 cm³/mol. The number of carbonyl (C=O) groups excluding carboxylic acids is 1. The van der Waals surface area contributed by atoms with Crippen LogP contribution in [0.3, 0.4) is 0 Å². The van der Waals surface area contributed by atoms with Gasteiger partial charge in [0.25, 0.3) is 0 Å². The van der Waals surface area contributed by atoms with Crippen LogP contribution in [-0.2, 0) is 4.79 Å². The van der Waals surface area contributed by atoms with Crippen LogP contribution in [0.1, 0.15) is 20.3 Å². The van der Waals surface area contributed by atoms with Crippen molar-refractivity contribution in [1.82, 2.24) is 0 Å². The van der Waals surface area contributed by atoms with Crippen LogP contribution in [0.25, 0.3) is 11.1 Å². The molecule has 0 unspecified atom stereocenters. The van der Waals surface area contributed by atoms with Crippen molar-refractivity contribution >= 4 is 11.6 Å². The van der Waals surface area contributed by atoms with E-state index in [2.05, 4.69) is 5.32 Å². The van der Waals surface area contributed by atoms with E-state index in [1.54, 1.807) is 12.1 Å². The summed E-state index contributed by atoms with van der Waals surface area (Å²) in [5.41, 5.74) is 2.46. The molecule has 2 aromatic carbocycles. The Morgan fingerprint density at radius 1 is 1.10 bits per heavy atom. The highest BCUT2D eigenvalue weighted by Crippen LogP contribution is 2.29.